The fourth-order valence-corrected chi connectivity index (χ4v) is 0.834. The third kappa shape index (κ3) is 9.28. The van der Waals surface area contributed by atoms with Crippen LogP contribution in [0.15, 0.2) is 30.8 Å². The van der Waals surface area contributed by atoms with Gasteiger partial charge in [-0.2, -0.15) is 0 Å². The molecule has 2 amide bonds. The van der Waals surface area contributed by atoms with E-state index in [2.05, 4.69) is 46.4 Å². The van der Waals surface area contributed by atoms with Gasteiger partial charge in [-0.25, -0.2) is 4.79 Å². The van der Waals surface area contributed by atoms with Crippen LogP contribution in [0.25, 0.3) is 0 Å². The van der Waals surface area contributed by atoms with Gasteiger partial charge in [-0.3, -0.25) is 6.58 Å². The maximum absolute atomic E-state index is 11.0. The van der Waals surface area contributed by atoms with E-state index in [0.717, 1.165) is 0 Å². The second-order valence-corrected chi connectivity index (χ2v) is 2.43. The summed E-state index contributed by atoms with van der Waals surface area (Å²) in [5.41, 5.74) is 0.628. The van der Waals surface area contributed by atoms with E-state index in [1.54, 1.807) is 12.1 Å². The van der Waals surface area contributed by atoms with Crippen molar-refractivity contribution in [3.05, 3.63) is 44.3 Å². The predicted octanol–water partition coefficient (Wildman–Crippen LogP) is 1.83. The standard InChI is InChI=1S/C9H11N2O2.C2H3.Co.O/c1-2-10-9(13)11-7-3-5-8(12)6-4-7;1-2;;/h3-6,12H,1-2H2,(H2,10,11,13);1H,2H2;;/q2*-1;;. The van der Waals surface area contributed by atoms with Gasteiger partial charge in [-0.1, -0.05) is 0 Å². The van der Waals surface area contributed by atoms with Crippen LogP contribution in [0.2, 0.25) is 0 Å². The van der Waals surface area contributed by atoms with Crippen LogP contribution < -0.4 is 10.6 Å². The molecule has 0 aliphatic rings. The van der Waals surface area contributed by atoms with E-state index in [9.17, 15) is 4.79 Å². The van der Waals surface area contributed by atoms with Gasteiger partial charge in [0.25, 0.3) is 0 Å². The molecule has 0 saturated carbocycles. The third-order valence-corrected chi connectivity index (χ3v) is 1.41. The van der Waals surface area contributed by atoms with Crippen LogP contribution in [-0.4, -0.2) is 17.7 Å². The molecule has 0 unspecified atom stereocenters. The molecule has 6 heteroatoms. The maximum atomic E-state index is 11.0. The molecule has 0 radical (unpaired) electrons. The molecule has 0 aliphatic carbocycles. The number of carbonyl (C=O) groups is 1. The Hall–Kier alpha value is -1.66. The molecule has 1 aromatic rings. The summed E-state index contributed by atoms with van der Waals surface area (Å²) in [5.74, 6) is 0.170. The van der Waals surface area contributed by atoms with Crippen molar-refractivity contribution in [3.8, 4) is 5.75 Å². The van der Waals surface area contributed by atoms with Crippen LogP contribution in [0, 0.1) is 13.5 Å². The number of urea groups is 1. The van der Waals surface area contributed by atoms with Gasteiger partial charge < -0.3 is 29.2 Å². The molecule has 0 saturated heterocycles. The Morgan fingerprint density at radius 2 is 1.82 bits per heavy atom. The van der Waals surface area contributed by atoms with Crippen LogP contribution in [-0.2, 0) is 19.5 Å². The number of phenols is 1. The number of phenolic OH excluding ortho intramolecular Hbond substituents is 1. The van der Waals surface area contributed by atoms with Crippen LogP contribution in [0.3, 0.4) is 0 Å². The molecule has 97 valence electrons. The number of carbonyl (C=O) groups excluding carboxylic acids is 1. The second kappa shape index (κ2) is 12.4. The van der Waals surface area contributed by atoms with E-state index in [4.69, 9.17) is 8.97 Å². The van der Waals surface area contributed by atoms with Crippen molar-refractivity contribution in [1.29, 1.82) is 0 Å². The monoisotopic (exact) mass is 281 g/mol. The number of rotatable bonds is 2. The Balaban J connectivity index is 0. The molecule has 0 fully saturated rings. The Morgan fingerprint density at radius 1 is 1.35 bits per heavy atom. The molecule has 0 aliphatic heterocycles. The van der Waals surface area contributed by atoms with Gasteiger partial charge in [0, 0.05) is 5.69 Å². The average Bonchev–Trinajstić information content (AvgIpc) is 2.37. The quantitative estimate of drug-likeness (QED) is 0.571. The average molecular weight is 281 g/mol. The van der Waals surface area contributed by atoms with E-state index in [-0.39, 0.29) is 11.8 Å². The molecule has 0 bridgehead atoms. The van der Waals surface area contributed by atoms with Crippen LogP contribution >= 0.6 is 0 Å². The van der Waals surface area contributed by atoms with Gasteiger partial charge in [0.2, 0.25) is 0 Å². The number of hydrogen-bond donors (Lipinski definition) is 3. The molecule has 0 spiro atoms. The van der Waals surface area contributed by atoms with Gasteiger partial charge in [0.05, 0.1) is 0 Å². The zero-order valence-electron chi connectivity index (χ0n) is 9.11. The normalized spacial score (nSPS) is 7.65. The number of anilines is 1. The number of benzene rings is 1. The van der Waals surface area contributed by atoms with Crippen molar-refractivity contribution in [2.75, 3.05) is 11.9 Å². The summed E-state index contributed by atoms with van der Waals surface area (Å²) in [6.45, 7) is 10.8. The van der Waals surface area contributed by atoms with Crippen molar-refractivity contribution in [2.45, 2.75) is 0 Å². The first-order valence-electron chi connectivity index (χ1n) is 4.40. The molecule has 0 heterocycles. The predicted molar refractivity (Wildman–Crippen MR) is 61.1 cm³/mol. The summed E-state index contributed by atoms with van der Waals surface area (Å²) < 4.78 is 7.94. The minimum absolute atomic E-state index is 0.170. The van der Waals surface area contributed by atoms with Gasteiger partial charge in [0.1, 0.15) is 5.75 Å². The molecular formula is C11H14CoN2O3-2. The van der Waals surface area contributed by atoms with Crippen molar-refractivity contribution < 1.29 is 29.4 Å². The summed E-state index contributed by atoms with van der Waals surface area (Å²) in [7, 11) is 0. The number of hydrogen-bond acceptors (Lipinski definition) is 3. The van der Waals surface area contributed by atoms with Crippen molar-refractivity contribution in [1.82, 2.24) is 5.32 Å². The Bertz CT molecular complexity index is 315. The van der Waals surface area contributed by atoms with Crippen LogP contribution in [0.4, 0.5) is 10.5 Å². The summed E-state index contributed by atoms with van der Waals surface area (Å²) in [5, 5.41) is 14.0. The molecule has 1 rings (SSSR count). The third-order valence-electron chi connectivity index (χ3n) is 1.41. The van der Waals surface area contributed by atoms with E-state index >= 15 is 0 Å². The van der Waals surface area contributed by atoms with Crippen molar-refractivity contribution in [3.63, 3.8) is 0 Å². The topological polar surface area (TPSA) is 78.4 Å². The molecule has 17 heavy (non-hydrogen) atoms. The molecule has 5 nitrogen and oxygen atoms in total. The Kier molecular flexibility index (Phi) is 12.9. The van der Waals surface area contributed by atoms with Gasteiger partial charge in [-0.05, 0) is 24.3 Å². The number of nitrogens with one attached hydrogen (secondary N) is 2. The number of aromatic hydroxyl groups is 1. The zero-order chi connectivity index (χ0) is 13.7. The van der Waals surface area contributed by atoms with E-state index in [1.807, 2.05) is 0 Å². The van der Waals surface area contributed by atoms with E-state index in [1.165, 1.54) is 12.1 Å². The molecule has 0 atom stereocenters. The first-order chi connectivity index (χ1) is 8.22. The molecule has 0 aromatic heterocycles. The number of amides is 2. The second-order valence-electron chi connectivity index (χ2n) is 2.43. The van der Waals surface area contributed by atoms with E-state index in [0.29, 0.717) is 12.2 Å². The molecule has 1 aromatic carbocycles. The fourth-order valence-electron chi connectivity index (χ4n) is 0.834. The van der Waals surface area contributed by atoms with Gasteiger partial charge in [0.15, 0.2) is 0 Å². The van der Waals surface area contributed by atoms with Crippen LogP contribution in [0.1, 0.15) is 0 Å². The first-order valence-corrected chi connectivity index (χ1v) is 4.82. The van der Waals surface area contributed by atoms with Gasteiger partial charge >= 0.3 is 25.6 Å². The minimum atomic E-state index is -0.305. The van der Waals surface area contributed by atoms with Crippen LogP contribution in [0.5, 0.6) is 5.75 Å². The first kappa shape index (κ1) is 17.7. The summed E-state index contributed by atoms with van der Waals surface area (Å²) >= 11 is 2.31. The van der Waals surface area contributed by atoms with Crippen molar-refractivity contribution in [2.24, 2.45) is 0 Å². The summed E-state index contributed by atoms with van der Waals surface area (Å²) in [6.07, 6.45) is 0. The zero-order valence-corrected chi connectivity index (χ0v) is 10.1. The fraction of sp³-hybridized carbons (Fsp3) is 0.0909. The summed E-state index contributed by atoms with van der Waals surface area (Å²) in [6, 6.07) is 5.91. The van der Waals surface area contributed by atoms with E-state index < -0.39 is 0 Å². The van der Waals surface area contributed by atoms with Crippen molar-refractivity contribution >= 4 is 11.7 Å². The Morgan fingerprint density at radius 3 is 2.24 bits per heavy atom. The molecular weight excluding hydrogens is 267 g/mol. The SMILES string of the molecule is [CH-]=C.[CH2-]CNC(=O)Nc1ccc(O)cc1.[O]=[Co]. The Labute approximate surface area is 109 Å². The summed E-state index contributed by atoms with van der Waals surface area (Å²) in [4.78, 5) is 11.0. The van der Waals surface area contributed by atoms with Gasteiger partial charge in [-0.15, -0.1) is 6.54 Å². The molecule has 3 N–H and O–H groups in total.